The maximum absolute atomic E-state index is 11.0. The van der Waals surface area contributed by atoms with E-state index in [0.29, 0.717) is 5.75 Å². The van der Waals surface area contributed by atoms with Crippen molar-refractivity contribution >= 4 is 17.5 Å². The van der Waals surface area contributed by atoms with E-state index in [1.165, 1.54) is 11.5 Å². The first-order chi connectivity index (χ1) is 6.29. The molecule has 0 aliphatic rings. The molecule has 0 aliphatic heterocycles. The monoisotopic (exact) mass is 201 g/mol. The Balaban J connectivity index is 2.97. The van der Waals surface area contributed by atoms with E-state index in [-0.39, 0.29) is 11.6 Å². The number of halogens is 1. The largest absolute Gasteiger partial charge is 0.477 e. The molecule has 0 saturated heterocycles. The van der Waals surface area contributed by atoms with E-state index in [2.05, 4.69) is 0 Å². The summed E-state index contributed by atoms with van der Waals surface area (Å²) in [7, 11) is 0. The number of hydroxylamine groups is 1. The van der Waals surface area contributed by atoms with Gasteiger partial charge in [-0.2, -0.15) is 0 Å². The third-order valence-corrected chi connectivity index (χ3v) is 1.55. The van der Waals surface area contributed by atoms with Crippen LogP contribution in [0.15, 0.2) is 24.3 Å². The lowest BCUT2D eigenvalue weighted by Gasteiger charge is -2.06. The summed E-state index contributed by atoms with van der Waals surface area (Å²) in [6.45, 7) is 0. The Labute approximate surface area is 80.0 Å². The molecule has 5 heteroatoms. The van der Waals surface area contributed by atoms with Crippen LogP contribution < -0.4 is 10.2 Å². The minimum absolute atomic E-state index is 0.0459. The average Bonchev–Trinajstić information content (AvgIpc) is 2.18. The number of benzene rings is 1. The number of hydrogen-bond acceptors (Lipinski definition) is 3. The summed E-state index contributed by atoms with van der Waals surface area (Å²) in [4.78, 5) is 11.0. The molecule has 0 saturated carbocycles. The average molecular weight is 202 g/mol. The molecule has 1 amide bonds. The SMILES string of the molecule is O=C(NO)c1ccccc1OCCl. The van der Waals surface area contributed by atoms with Crippen molar-refractivity contribution in [2.75, 3.05) is 6.07 Å². The summed E-state index contributed by atoms with van der Waals surface area (Å²) < 4.78 is 4.95. The van der Waals surface area contributed by atoms with Crippen LogP contribution in [-0.4, -0.2) is 17.2 Å². The highest BCUT2D eigenvalue weighted by Crippen LogP contribution is 2.17. The van der Waals surface area contributed by atoms with Crippen molar-refractivity contribution in [3.63, 3.8) is 0 Å². The predicted octanol–water partition coefficient (Wildman–Crippen LogP) is 1.38. The van der Waals surface area contributed by atoms with Crippen molar-refractivity contribution in [3.8, 4) is 5.75 Å². The first kappa shape index (κ1) is 9.83. The lowest BCUT2D eigenvalue weighted by Crippen LogP contribution is -2.19. The molecule has 0 radical (unpaired) electrons. The Bertz CT molecular complexity index is 303. The van der Waals surface area contributed by atoms with Gasteiger partial charge in [0.05, 0.1) is 5.56 Å². The molecule has 1 aromatic rings. The second kappa shape index (κ2) is 4.69. The molecular formula is C8H8ClNO3. The molecule has 0 aromatic heterocycles. The molecule has 0 spiro atoms. The van der Waals surface area contributed by atoms with Crippen LogP contribution in [0.5, 0.6) is 5.75 Å². The van der Waals surface area contributed by atoms with E-state index in [0.717, 1.165) is 0 Å². The summed E-state index contributed by atoms with van der Waals surface area (Å²) in [5.74, 6) is -0.287. The molecule has 0 heterocycles. The van der Waals surface area contributed by atoms with Crippen molar-refractivity contribution in [1.82, 2.24) is 5.48 Å². The van der Waals surface area contributed by atoms with E-state index in [4.69, 9.17) is 21.5 Å². The Morgan fingerprint density at radius 3 is 2.85 bits per heavy atom. The lowest BCUT2D eigenvalue weighted by molar-refractivity contribution is 0.0703. The Kier molecular flexibility index (Phi) is 3.54. The van der Waals surface area contributed by atoms with E-state index in [9.17, 15) is 4.79 Å². The fourth-order valence-electron chi connectivity index (χ4n) is 0.899. The normalized spacial score (nSPS) is 9.38. The van der Waals surface area contributed by atoms with Crippen LogP contribution in [0, 0.1) is 0 Å². The summed E-state index contributed by atoms with van der Waals surface area (Å²) in [6, 6.07) is 6.43. The maximum atomic E-state index is 11.0. The first-order valence-electron chi connectivity index (χ1n) is 3.52. The quantitative estimate of drug-likeness (QED) is 0.441. The third-order valence-electron chi connectivity index (χ3n) is 1.44. The zero-order chi connectivity index (χ0) is 9.68. The summed E-state index contributed by atoms with van der Waals surface area (Å²) in [5.41, 5.74) is 1.76. The Hall–Kier alpha value is -1.26. The fourth-order valence-corrected chi connectivity index (χ4v) is 1.02. The molecule has 0 fully saturated rings. The minimum Gasteiger partial charge on any atom is -0.477 e. The van der Waals surface area contributed by atoms with Crippen LogP contribution in [0.4, 0.5) is 0 Å². The first-order valence-corrected chi connectivity index (χ1v) is 4.05. The van der Waals surface area contributed by atoms with Gasteiger partial charge >= 0.3 is 0 Å². The van der Waals surface area contributed by atoms with E-state index in [1.54, 1.807) is 18.2 Å². The third kappa shape index (κ3) is 2.34. The predicted molar refractivity (Wildman–Crippen MR) is 47.0 cm³/mol. The molecule has 13 heavy (non-hydrogen) atoms. The number of rotatable bonds is 3. The fraction of sp³-hybridized carbons (Fsp3) is 0.125. The van der Waals surface area contributed by atoms with Gasteiger partial charge in [0.2, 0.25) is 0 Å². The van der Waals surface area contributed by atoms with Gasteiger partial charge in [0.1, 0.15) is 5.75 Å². The number of alkyl halides is 1. The van der Waals surface area contributed by atoms with Gasteiger partial charge in [-0.1, -0.05) is 23.7 Å². The smallest absolute Gasteiger partial charge is 0.278 e. The van der Waals surface area contributed by atoms with E-state index < -0.39 is 5.91 Å². The summed E-state index contributed by atoms with van der Waals surface area (Å²) in [5, 5.41) is 8.39. The van der Waals surface area contributed by atoms with Crippen LogP contribution in [0.25, 0.3) is 0 Å². The van der Waals surface area contributed by atoms with Crippen LogP contribution in [0.2, 0.25) is 0 Å². The molecule has 0 aliphatic carbocycles. The van der Waals surface area contributed by atoms with Crippen LogP contribution >= 0.6 is 11.6 Å². The van der Waals surface area contributed by atoms with Gasteiger partial charge in [0.15, 0.2) is 6.07 Å². The molecule has 1 rings (SSSR count). The molecule has 2 N–H and O–H groups in total. The van der Waals surface area contributed by atoms with E-state index in [1.807, 2.05) is 0 Å². The van der Waals surface area contributed by atoms with Gasteiger partial charge in [0.25, 0.3) is 5.91 Å². The molecule has 0 bridgehead atoms. The maximum Gasteiger partial charge on any atom is 0.278 e. The molecule has 0 atom stereocenters. The highest BCUT2D eigenvalue weighted by atomic mass is 35.5. The standard InChI is InChI=1S/C8H8ClNO3/c9-5-13-7-4-2-1-3-6(7)8(11)10-12/h1-4,12H,5H2,(H,10,11). The number of carbonyl (C=O) groups excluding carboxylic acids is 1. The topological polar surface area (TPSA) is 58.6 Å². The number of para-hydroxylation sites is 1. The van der Waals surface area contributed by atoms with Crippen LogP contribution in [-0.2, 0) is 0 Å². The van der Waals surface area contributed by atoms with Crippen LogP contribution in [0.1, 0.15) is 10.4 Å². The molecule has 4 nitrogen and oxygen atoms in total. The van der Waals surface area contributed by atoms with Gasteiger partial charge in [-0.25, -0.2) is 5.48 Å². The van der Waals surface area contributed by atoms with Crippen molar-refractivity contribution in [2.45, 2.75) is 0 Å². The number of hydrogen-bond donors (Lipinski definition) is 2. The van der Waals surface area contributed by atoms with E-state index >= 15 is 0 Å². The zero-order valence-corrected chi connectivity index (χ0v) is 7.41. The zero-order valence-electron chi connectivity index (χ0n) is 6.66. The molecule has 70 valence electrons. The van der Waals surface area contributed by atoms with Crippen molar-refractivity contribution in [1.29, 1.82) is 0 Å². The van der Waals surface area contributed by atoms with Crippen molar-refractivity contribution in [2.24, 2.45) is 0 Å². The second-order valence-corrected chi connectivity index (χ2v) is 2.41. The number of nitrogens with one attached hydrogen (secondary N) is 1. The van der Waals surface area contributed by atoms with Gasteiger partial charge in [-0.3, -0.25) is 10.0 Å². The number of carbonyl (C=O) groups is 1. The van der Waals surface area contributed by atoms with Gasteiger partial charge in [-0.15, -0.1) is 0 Å². The van der Waals surface area contributed by atoms with Crippen molar-refractivity contribution < 1.29 is 14.7 Å². The van der Waals surface area contributed by atoms with Gasteiger partial charge in [0, 0.05) is 0 Å². The van der Waals surface area contributed by atoms with Crippen LogP contribution in [0.3, 0.4) is 0 Å². The highest BCUT2D eigenvalue weighted by molar-refractivity contribution is 6.17. The van der Waals surface area contributed by atoms with Crippen molar-refractivity contribution in [3.05, 3.63) is 29.8 Å². The summed E-state index contributed by atoms with van der Waals surface area (Å²) in [6.07, 6.45) is 0. The highest BCUT2D eigenvalue weighted by Gasteiger charge is 2.09. The summed E-state index contributed by atoms with van der Waals surface area (Å²) >= 11 is 5.34. The second-order valence-electron chi connectivity index (χ2n) is 2.19. The van der Waals surface area contributed by atoms with Gasteiger partial charge < -0.3 is 4.74 Å². The van der Waals surface area contributed by atoms with Gasteiger partial charge in [-0.05, 0) is 12.1 Å². The lowest BCUT2D eigenvalue weighted by atomic mass is 10.2. The molecule has 0 unspecified atom stereocenters. The molecule has 1 aromatic carbocycles. The Morgan fingerprint density at radius 1 is 1.54 bits per heavy atom. The minimum atomic E-state index is -0.624. The number of ether oxygens (including phenoxy) is 1. The number of amides is 1. The Morgan fingerprint density at radius 2 is 2.23 bits per heavy atom. The molecular weight excluding hydrogens is 194 g/mol.